The third-order valence-corrected chi connectivity index (χ3v) is 5.96. The molecule has 4 rings (SSSR count). The summed E-state index contributed by atoms with van der Waals surface area (Å²) in [6.07, 6.45) is 0. The number of hydrogen-bond donors (Lipinski definition) is 4. The number of nitrogens with two attached hydrogens (primary N) is 1. The summed E-state index contributed by atoms with van der Waals surface area (Å²) >= 11 is 5.96. The Bertz CT molecular complexity index is 1200. The lowest BCUT2D eigenvalue weighted by molar-refractivity contribution is -0.123. The van der Waals surface area contributed by atoms with Gasteiger partial charge in [0.05, 0.1) is 25.5 Å². The van der Waals surface area contributed by atoms with E-state index in [2.05, 4.69) is 15.6 Å². The minimum absolute atomic E-state index is 0.0239. The Balaban J connectivity index is 1.45. The zero-order chi connectivity index (χ0) is 24.8. The number of halogens is 2. The second-order valence-corrected chi connectivity index (χ2v) is 8.63. The first-order valence-electron chi connectivity index (χ1n) is 11.2. The van der Waals surface area contributed by atoms with Crippen molar-refractivity contribution in [3.8, 4) is 17.0 Å². The number of pyridine rings is 1. The predicted octanol–water partition coefficient (Wildman–Crippen LogP) is 3.85. The minimum atomic E-state index is -0.670. The number of anilines is 3. The summed E-state index contributed by atoms with van der Waals surface area (Å²) in [5.41, 5.74) is 9.38. The summed E-state index contributed by atoms with van der Waals surface area (Å²) in [6, 6.07) is 13.3. The van der Waals surface area contributed by atoms with Gasteiger partial charge in [0.2, 0.25) is 5.91 Å². The highest BCUT2D eigenvalue weighted by molar-refractivity contribution is 6.30. The van der Waals surface area contributed by atoms with Gasteiger partial charge in [0.25, 0.3) is 0 Å². The van der Waals surface area contributed by atoms with E-state index >= 15 is 0 Å². The van der Waals surface area contributed by atoms with Gasteiger partial charge < -0.3 is 26.2 Å². The third kappa shape index (κ3) is 6.39. The van der Waals surface area contributed by atoms with Crippen molar-refractivity contribution in [2.75, 3.05) is 43.9 Å². The number of amides is 1. The molecule has 1 aliphatic rings. The largest absolute Gasteiger partial charge is 0.507 e. The highest BCUT2D eigenvalue weighted by Gasteiger charge is 2.15. The smallest absolute Gasteiger partial charge is 0.234 e. The zero-order valence-electron chi connectivity index (χ0n) is 19.1. The predicted molar refractivity (Wildman–Crippen MR) is 134 cm³/mol. The molecule has 1 aromatic heterocycles. The third-order valence-electron chi connectivity index (χ3n) is 5.72. The van der Waals surface area contributed by atoms with Crippen molar-refractivity contribution in [2.45, 2.75) is 13.2 Å². The number of aromatic hydroxyl groups is 1. The number of aromatic nitrogens is 1. The van der Waals surface area contributed by atoms with E-state index in [1.807, 2.05) is 4.90 Å². The molecule has 1 aliphatic heterocycles. The number of phenols is 1. The van der Waals surface area contributed by atoms with Crippen molar-refractivity contribution in [1.29, 1.82) is 0 Å². The summed E-state index contributed by atoms with van der Waals surface area (Å²) < 4.78 is 18.7. The van der Waals surface area contributed by atoms with Crippen LogP contribution in [0.2, 0.25) is 5.02 Å². The van der Waals surface area contributed by atoms with Gasteiger partial charge in [-0.25, -0.2) is 9.37 Å². The minimum Gasteiger partial charge on any atom is -0.507 e. The summed E-state index contributed by atoms with van der Waals surface area (Å²) in [7, 11) is 0. The normalized spacial score (nSPS) is 14.0. The van der Waals surface area contributed by atoms with Crippen LogP contribution in [0.4, 0.5) is 21.6 Å². The van der Waals surface area contributed by atoms with Gasteiger partial charge in [-0.1, -0.05) is 17.7 Å². The second-order valence-electron chi connectivity index (χ2n) is 8.20. The van der Waals surface area contributed by atoms with Crippen LogP contribution in [0.15, 0.2) is 48.5 Å². The number of morpholine rings is 1. The number of carbonyl (C=O) groups is 1. The van der Waals surface area contributed by atoms with Crippen LogP contribution < -0.4 is 16.4 Å². The van der Waals surface area contributed by atoms with Gasteiger partial charge in [0, 0.05) is 52.7 Å². The summed E-state index contributed by atoms with van der Waals surface area (Å²) in [6.45, 7) is 2.61. The second kappa shape index (κ2) is 11.4. The average molecular weight is 500 g/mol. The van der Waals surface area contributed by atoms with Crippen molar-refractivity contribution in [1.82, 2.24) is 15.2 Å². The van der Waals surface area contributed by atoms with E-state index in [0.717, 1.165) is 13.1 Å². The van der Waals surface area contributed by atoms with E-state index < -0.39 is 6.67 Å². The molecule has 3 aromatic rings. The topological polar surface area (TPSA) is 113 Å². The number of nitrogen functional groups attached to an aromatic ring is 1. The van der Waals surface area contributed by atoms with Crippen molar-refractivity contribution in [3.63, 3.8) is 0 Å². The molecule has 0 spiro atoms. The molecule has 8 nitrogen and oxygen atoms in total. The maximum Gasteiger partial charge on any atom is 0.234 e. The van der Waals surface area contributed by atoms with Crippen molar-refractivity contribution >= 4 is 34.7 Å². The number of nitrogens with one attached hydrogen (secondary N) is 2. The first-order valence-corrected chi connectivity index (χ1v) is 11.6. The molecule has 10 heteroatoms. The van der Waals surface area contributed by atoms with Gasteiger partial charge in [-0.3, -0.25) is 9.69 Å². The van der Waals surface area contributed by atoms with Crippen molar-refractivity contribution < 1.29 is 19.0 Å². The lowest BCUT2D eigenvalue weighted by Gasteiger charge is -2.25. The lowest BCUT2D eigenvalue weighted by Crippen LogP contribution is -2.43. The number of alkyl halides is 1. The van der Waals surface area contributed by atoms with Gasteiger partial charge in [-0.15, -0.1) is 0 Å². The number of hydrogen-bond acceptors (Lipinski definition) is 7. The Morgan fingerprint density at radius 2 is 1.94 bits per heavy atom. The molecular formula is C25H27ClFN5O3. The number of ether oxygens (including phenoxy) is 1. The lowest BCUT2D eigenvalue weighted by atomic mass is 10.1. The van der Waals surface area contributed by atoms with E-state index in [1.54, 1.807) is 42.5 Å². The fourth-order valence-electron chi connectivity index (χ4n) is 3.78. The molecule has 1 fully saturated rings. The molecule has 5 N–H and O–H groups in total. The Morgan fingerprint density at radius 3 is 2.69 bits per heavy atom. The molecule has 2 aromatic carbocycles. The van der Waals surface area contributed by atoms with E-state index in [1.165, 1.54) is 6.07 Å². The van der Waals surface area contributed by atoms with Crippen LogP contribution in [-0.4, -0.2) is 53.7 Å². The average Bonchev–Trinajstić information content (AvgIpc) is 2.86. The van der Waals surface area contributed by atoms with Crippen LogP contribution in [0, 0.1) is 0 Å². The molecule has 184 valence electrons. The Kier molecular flexibility index (Phi) is 8.02. The standard InChI is InChI=1S/C25H27ClFN5O3/c26-18-2-5-21(17(11-18)13-27)30-19-3-6-23(33)20(12-19)22-4-1-16(25(28)31-22)14-29-24(34)15-32-7-9-35-10-8-32/h1-6,11-12,30,33H,7-10,13-15H2,(H2,28,31)(H,29,34). The van der Waals surface area contributed by atoms with E-state index in [4.69, 9.17) is 22.1 Å². The van der Waals surface area contributed by atoms with Gasteiger partial charge >= 0.3 is 0 Å². The Morgan fingerprint density at radius 1 is 1.14 bits per heavy atom. The van der Waals surface area contributed by atoms with Gasteiger partial charge in [0.1, 0.15) is 18.2 Å². The summed E-state index contributed by atoms with van der Waals surface area (Å²) in [5.74, 6) is 0.182. The first kappa shape index (κ1) is 24.7. The first-order chi connectivity index (χ1) is 16.9. The Labute approximate surface area is 207 Å². The monoisotopic (exact) mass is 499 g/mol. The van der Waals surface area contributed by atoms with Crippen molar-refractivity contribution in [3.05, 3.63) is 64.7 Å². The molecule has 0 saturated carbocycles. The van der Waals surface area contributed by atoms with Crippen LogP contribution in [0.5, 0.6) is 5.75 Å². The molecule has 0 unspecified atom stereocenters. The van der Waals surface area contributed by atoms with Crippen molar-refractivity contribution in [2.24, 2.45) is 0 Å². The van der Waals surface area contributed by atoms with Crippen LogP contribution in [0.3, 0.4) is 0 Å². The highest BCUT2D eigenvalue weighted by atomic mass is 35.5. The number of phenolic OH excluding ortho intramolecular Hbond substituents is 1. The highest BCUT2D eigenvalue weighted by Crippen LogP contribution is 2.33. The van der Waals surface area contributed by atoms with E-state index in [9.17, 15) is 14.3 Å². The fraction of sp³-hybridized carbons (Fsp3) is 0.280. The number of nitrogens with zero attached hydrogens (tertiary/aromatic N) is 2. The fourth-order valence-corrected chi connectivity index (χ4v) is 3.98. The van der Waals surface area contributed by atoms with Gasteiger partial charge in [0.15, 0.2) is 0 Å². The molecule has 1 amide bonds. The number of benzene rings is 2. The summed E-state index contributed by atoms with van der Waals surface area (Å²) in [4.78, 5) is 18.7. The molecule has 1 saturated heterocycles. The molecule has 0 aliphatic carbocycles. The van der Waals surface area contributed by atoms with Gasteiger partial charge in [-0.2, -0.15) is 0 Å². The maximum absolute atomic E-state index is 13.4. The Hall–Kier alpha value is -3.40. The number of rotatable bonds is 8. The van der Waals surface area contributed by atoms with Crippen LogP contribution in [-0.2, 0) is 22.8 Å². The molecule has 0 atom stereocenters. The SMILES string of the molecule is Nc1nc(-c2cc(Nc3ccc(Cl)cc3CF)ccc2O)ccc1CNC(=O)CN1CCOCC1. The zero-order valence-corrected chi connectivity index (χ0v) is 19.8. The molecule has 0 radical (unpaired) electrons. The quantitative estimate of drug-likeness (QED) is 0.348. The van der Waals surface area contributed by atoms with Crippen LogP contribution >= 0.6 is 11.6 Å². The van der Waals surface area contributed by atoms with Crippen LogP contribution in [0.25, 0.3) is 11.3 Å². The molecule has 0 bridgehead atoms. The van der Waals surface area contributed by atoms with E-state index in [0.29, 0.717) is 58.5 Å². The summed E-state index contributed by atoms with van der Waals surface area (Å²) in [5, 5.41) is 16.9. The van der Waals surface area contributed by atoms with E-state index in [-0.39, 0.29) is 24.0 Å². The maximum atomic E-state index is 13.4. The van der Waals surface area contributed by atoms with Crippen LogP contribution in [0.1, 0.15) is 11.1 Å². The molecule has 2 heterocycles. The van der Waals surface area contributed by atoms with Gasteiger partial charge in [-0.05, 0) is 42.5 Å². The molecule has 35 heavy (non-hydrogen) atoms. The number of carbonyl (C=O) groups excluding carboxylic acids is 1. The molecular weight excluding hydrogens is 473 g/mol.